The highest BCUT2D eigenvalue weighted by molar-refractivity contribution is 7.11. The smallest absolute Gasteiger partial charge is 0.263 e. The van der Waals surface area contributed by atoms with E-state index in [0.717, 1.165) is 18.4 Å². The fourth-order valence-electron chi connectivity index (χ4n) is 2.90. The van der Waals surface area contributed by atoms with Gasteiger partial charge in [0.25, 0.3) is 11.8 Å². The lowest BCUT2D eigenvalue weighted by Gasteiger charge is -2.35. The Morgan fingerprint density at radius 1 is 1.32 bits per heavy atom. The summed E-state index contributed by atoms with van der Waals surface area (Å²) in [6.45, 7) is 2.57. The standard InChI is InChI=1S/C18H21N3O3S/c1-11-3-4-13(7-15(11)24-2)17(22)21-14-5-12(6-14)8-20-18(23)16-9-19-10-25-16/h3-4,7,9-10,12,14H,5-6,8H2,1-2H3,(H,20,23)(H,21,22). The number of methoxy groups -OCH3 is 1. The number of hydrogen-bond acceptors (Lipinski definition) is 5. The van der Waals surface area contributed by atoms with E-state index < -0.39 is 0 Å². The van der Waals surface area contributed by atoms with Crippen LogP contribution in [0.3, 0.4) is 0 Å². The topological polar surface area (TPSA) is 80.3 Å². The third-order valence-electron chi connectivity index (χ3n) is 4.45. The summed E-state index contributed by atoms with van der Waals surface area (Å²) in [6.07, 6.45) is 3.31. The SMILES string of the molecule is COc1cc(C(=O)NC2CC(CNC(=O)c3cncs3)C2)ccc1C. The zero-order chi connectivity index (χ0) is 17.8. The average Bonchev–Trinajstić information content (AvgIpc) is 3.11. The molecule has 25 heavy (non-hydrogen) atoms. The summed E-state index contributed by atoms with van der Waals surface area (Å²) in [7, 11) is 1.60. The van der Waals surface area contributed by atoms with E-state index in [2.05, 4.69) is 15.6 Å². The second-order valence-corrected chi connectivity index (χ2v) is 7.15. The van der Waals surface area contributed by atoms with Crippen LogP contribution in [-0.4, -0.2) is 36.5 Å². The van der Waals surface area contributed by atoms with Crippen molar-refractivity contribution in [1.82, 2.24) is 15.6 Å². The molecule has 6 nitrogen and oxygen atoms in total. The first-order chi connectivity index (χ1) is 12.1. The molecular weight excluding hydrogens is 338 g/mol. The molecule has 0 atom stereocenters. The summed E-state index contributed by atoms with van der Waals surface area (Å²) in [4.78, 5) is 28.7. The average molecular weight is 359 g/mol. The first-order valence-electron chi connectivity index (χ1n) is 8.19. The Morgan fingerprint density at radius 2 is 2.12 bits per heavy atom. The van der Waals surface area contributed by atoms with Crippen LogP contribution in [0.15, 0.2) is 29.9 Å². The second-order valence-electron chi connectivity index (χ2n) is 6.27. The Morgan fingerprint density at radius 3 is 2.80 bits per heavy atom. The van der Waals surface area contributed by atoms with Crippen LogP contribution in [0.5, 0.6) is 5.75 Å². The molecule has 2 aromatic rings. The summed E-state index contributed by atoms with van der Waals surface area (Å²) in [5.74, 6) is 0.942. The molecule has 1 aliphatic rings. The van der Waals surface area contributed by atoms with Crippen molar-refractivity contribution in [3.63, 3.8) is 0 Å². The molecule has 132 valence electrons. The number of hydrogen-bond donors (Lipinski definition) is 2. The monoisotopic (exact) mass is 359 g/mol. The van der Waals surface area contributed by atoms with Crippen LogP contribution < -0.4 is 15.4 Å². The lowest BCUT2D eigenvalue weighted by atomic mass is 9.80. The van der Waals surface area contributed by atoms with Crippen molar-refractivity contribution in [3.8, 4) is 5.75 Å². The highest BCUT2D eigenvalue weighted by Gasteiger charge is 2.30. The number of nitrogens with zero attached hydrogens (tertiary/aromatic N) is 1. The van der Waals surface area contributed by atoms with Gasteiger partial charge in [0.05, 0.1) is 18.8 Å². The third kappa shape index (κ3) is 4.17. The van der Waals surface area contributed by atoms with Gasteiger partial charge in [0.1, 0.15) is 10.6 Å². The number of carbonyl (C=O) groups excluding carboxylic acids is 2. The van der Waals surface area contributed by atoms with E-state index in [0.29, 0.717) is 28.7 Å². The Hall–Kier alpha value is -2.41. The van der Waals surface area contributed by atoms with E-state index >= 15 is 0 Å². The van der Waals surface area contributed by atoms with E-state index in [9.17, 15) is 9.59 Å². The third-order valence-corrected chi connectivity index (χ3v) is 5.22. The molecule has 0 spiro atoms. The molecule has 0 unspecified atom stereocenters. The van der Waals surface area contributed by atoms with Crippen molar-refractivity contribution in [2.45, 2.75) is 25.8 Å². The van der Waals surface area contributed by atoms with Crippen molar-refractivity contribution >= 4 is 23.2 Å². The molecule has 0 aliphatic heterocycles. The second kappa shape index (κ2) is 7.65. The van der Waals surface area contributed by atoms with Gasteiger partial charge >= 0.3 is 0 Å². The number of nitrogens with one attached hydrogen (secondary N) is 2. The predicted octanol–water partition coefficient (Wildman–Crippen LogP) is 2.40. The van der Waals surface area contributed by atoms with Crippen LogP contribution in [0, 0.1) is 12.8 Å². The molecule has 0 bridgehead atoms. The highest BCUT2D eigenvalue weighted by atomic mass is 32.1. The molecule has 1 aliphatic carbocycles. The van der Waals surface area contributed by atoms with Gasteiger partial charge in [-0.05, 0) is 43.4 Å². The molecule has 1 aromatic carbocycles. The van der Waals surface area contributed by atoms with Crippen LogP contribution in [0.2, 0.25) is 0 Å². The molecular formula is C18H21N3O3S. The van der Waals surface area contributed by atoms with Gasteiger partial charge in [-0.3, -0.25) is 14.6 Å². The predicted molar refractivity (Wildman–Crippen MR) is 96.2 cm³/mol. The van der Waals surface area contributed by atoms with Crippen LogP contribution in [0.4, 0.5) is 0 Å². The van der Waals surface area contributed by atoms with Crippen LogP contribution >= 0.6 is 11.3 Å². The number of ether oxygens (including phenoxy) is 1. The Bertz CT molecular complexity index is 755. The van der Waals surface area contributed by atoms with Crippen molar-refractivity contribution in [1.29, 1.82) is 0 Å². The Balaban J connectivity index is 1.42. The van der Waals surface area contributed by atoms with E-state index in [1.54, 1.807) is 30.9 Å². The Kier molecular flexibility index (Phi) is 5.33. The van der Waals surface area contributed by atoms with Gasteiger partial charge in [0.2, 0.25) is 0 Å². The van der Waals surface area contributed by atoms with Gasteiger partial charge < -0.3 is 15.4 Å². The van der Waals surface area contributed by atoms with Gasteiger partial charge in [-0.15, -0.1) is 11.3 Å². The zero-order valence-electron chi connectivity index (χ0n) is 14.2. The van der Waals surface area contributed by atoms with Crippen LogP contribution in [-0.2, 0) is 0 Å². The minimum atomic E-state index is -0.0876. The highest BCUT2D eigenvalue weighted by Crippen LogP contribution is 2.27. The number of aryl methyl sites for hydroxylation is 1. The summed E-state index contributed by atoms with van der Waals surface area (Å²) in [6, 6.07) is 5.60. The van der Waals surface area contributed by atoms with Gasteiger partial charge in [-0.25, -0.2) is 0 Å². The summed E-state index contributed by atoms with van der Waals surface area (Å²) >= 11 is 1.33. The van der Waals surface area contributed by atoms with Crippen LogP contribution in [0.1, 0.15) is 38.4 Å². The van der Waals surface area contributed by atoms with E-state index in [-0.39, 0.29) is 17.9 Å². The number of amides is 2. The Labute approximate surface area is 150 Å². The molecule has 0 saturated heterocycles. The van der Waals surface area contributed by atoms with Gasteiger partial charge in [-0.1, -0.05) is 6.07 Å². The molecule has 0 radical (unpaired) electrons. The van der Waals surface area contributed by atoms with Crippen molar-refractivity contribution in [2.75, 3.05) is 13.7 Å². The number of aromatic nitrogens is 1. The maximum absolute atomic E-state index is 12.3. The molecule has 2 N–H and O–H groups in total. The van der Waals surface area contributed by atoms with Crippen molar-refractivity contribution < 1.29 is 14.3 Å². The van der Waals surface area contributed by atoms with Crippen molar-refractivity contribution in [3.05, 3.63) is 45.9 Å². The molecule has 1 heterocycles. The van der Waals surface area contributed by atoms with Gasteiger partial charge in [0.15, 0.2) is 0 Å². The minimum absolute atomic E-state index is 0.0817. The maximum Gasteiger partial charge on any atom is 0.263 e. The van der Waals surface area contributed by atoms with Crippen LogP contribution in [0.25, 0.3) is 0 Å². The maximum atomic E-state index is 12.3. The molecule has 1 aromatic heterocycles. The number of thiazole rings is 1. The first-order valence-corrected chi connectivity index (χ1v) is 9.07. The lowest BCUT2D eigenvalue weighted by Crippen LogP contribution is -2.47. The molecule has 3 rings (SSSR count). The van der Waals surface area contributed by atoms with E-state index in [4.69, 9.17) is 4.74 Å². The number of rotatable bonds is 6. The van der Waals surface area contributed by atoms with Gasteiger partial charge in [0, 0.05) is 18.2 Å². The molecule has 2 amide bonds. The van der Waals surface area contributed by atoms with E-state index in [1.807, 2.05) is 13.0 Å². The number of benzene rings is 1. The quantitative estimate of drug-likeness (QED) is 0.830. The minimum Gasteiger partial charge on any atom is -0.496 e. The van der Waals surface area contributed by atoms with E-state index in [1.165, 1.54) is 11.3 Å². The summed E-state index contributed by atoms with van der Waals surface area (Å²) < 4.78 is 5.26. The zero-order valence-corrected chi connectivity index (χ0v) is 15.1. The lowest BCUT2D eigenvalue weighted by molar-refractivity contribution is 0.0864. The van der Waals surface area contributed by atoms with Crippen molar-refractivity contribution in [2.24, 2.45) is 5.92 Å². The van der Waals surface area contributed by atoms with Gasteiger partial charge in [-0.2, -0.15) is 0 Å². The fraction of sp³-hybridized carbons (Fsp3) is 0.389. The molecule has 1 saturated carbocycles. The molecule has 7 heteroatoms. The normalized spacial score (nSPS) is 19.0. The summed E-state index contributed by atoms with van der Waals surface area (Å²) in [5, 5.41) is 5.95. The fourth-order valence-corrected chi connectivity index (χ4v) is 3.44. The largest absolute Gasteiger partial charge is 0.496 e. The number of carbonyl (C=O) groups is 2. The first kappa shape index (κ1) is 17.4. The summed E-state index contributed by atoms with van der Waals surface area (Å²) in [5.41, 5.74) is 3.24. The molecule has 1 fully saturated rings.